The molecule has 0 aromatic heterocycles. The molecule has 0 spiro atoms. The van der Waals surface area contributed by atoms with Crippen LogP contribution in [-0.4, -0.2) is 53.1 Å². The number of hydrogen-bond donors (Lipinski definition) is 2. The van der Waals surface area contributed by atoms with Gasteiger partial charge in [-0.3, -0.25) is 9.59 Å². The number of benzene rings is 1. The highest BCUT2D eigenvalue weighted by Gasteiger charge is 2.42. The number of carbonyl (C=O) groups excluding carboxylic acids is 2. The summed E-state index contributed by atoms with van der Waals surface area (Å²) >= 11 is 5.91. The van der Waals surface area contributed by atoms with E-state index in [1.807, 2.05) is 12.1 Å². The normalized spacial score (nSPS) is 29.0. The molecule has 4 atom stereocenters. The van der Waals surface area contributed by atoms with Crippen LogP contribution >= 0.6 is 11.6 Å². The number of carboxylic acid groups (broad SMARTS) is 1. The van der Waals surface area contributed by atoms with Gasteiger partial charge in [0, 0.05) is 18.5 Å². The number of carboxylic acids is 1. The van der Waals surface area contributed by atoms with Crippen molar-refractivity contribution in [2.24, 2.45) is 0 Å². The molecule has 8 heteroatoms. The van der Waals surface area contributed by atoms with Gasteiger partial charge in [0.15, 0.2) is 6.10 Å². The van der Waals surface area contributed by atoms with Crippen molar-refractivity contribution >= 4 is 29.4 Å². The monoisotopic (exact) mass is 366 g/mol. The molecule has 2 saturated heterocycles. The van der Waals surface area contributed by atoms with E-state index in [1.54, 1.807) is 24.1 Å². The number of likely N-dealkylation sites (tertiary alicyclic amines) is 1. The standard InChI is InChI=1S/C17H19ClN2O5/c1-20-14(21)8-11(15(20)9-2-4-10(18)5-3-9)19-16(22)12-6-7-13(25-12)17(23)24/h2-5,11-13,15H,6-8H2,1H3,(H,19,22)(H,23,24)/t11?,12-,13+,15?/m0/s1. The van der Waals surface area contributed by atoms with Crippen molar-refractivity contribution in [1.82, 2.24) is 10.2 Å². The number of nitrogens with one attached hydrogen (secondary N) is 1. The van der Waals surface area contributed by atoms with Crippen molar-refractivity contribution in [3.05, 3.63) is 34.9 Å². The van der Waals surface area contributed by atoms with Gasteiger partial charge >= 0.3 is 5.97 Å². The number of hydrogen-bond acceptors (Lipinski definition) is 4. The Morgan fingerprint density at radius 3 is 2.48 bits per heavy atom. The minimum absolute atomic E-state index is 0.0685. The molecule has 7 nitrogen and oxygen atoms in total. The maximum absolute atomic E-state index is 12.4. The first-order chi connectivity index (χ1) is 11.9. The van der Waals surface area contributed by atoms with Gasteiger partial charge in [0.25, 0.3) is 0 Å². The zero-order chi connectivity index (χ0) is 18.1. The van der Waals surface area contributed by atoms with Crippen molar-refractivity contribution in [3.8, 4) is 0 Å². The smallest absolute Gasteiger partial charge is 0.332 e. The second kappa shape index (κ2) is 7.01. The first-order valence-corrected chi connectivity index (χ1v) is 8.44. The number of rotatable bonds is 4. The fourth-order valence-electron chi connectivity index (χ4n) is 3.40. The number of nitrogens with zero attached hydrogens (tertiary/aromatic N) is 1. The third-order valence-corrected chi connectivity index (χ3v) is 4.96. The van der Waals surface area contributed by atoms with Crippen LogP contribution in [0.1, 0.15) is 30.9 Å². The minimum atomic E-state index is -1.06. The molecule has 2 aliphatic rings. The van der Waals surface area contributed by atoms with Gasteiger partial charge in [0.1, 0.15) is 6.10 Å². The third kappa shape index (κ3) is 3.62. The second-order valence-corrected chi connectivity index (χ2v) is 6.79. The van der Waals surface area contributed by atoms with E-state index in [4.69, 9.17) is 21.4 Å². The Bertz CT molecular complexity index is 693. The van der Waals surface area contributed by atoms with Crippen molar-refractivity contribution in [2.45, 2.75) is 43.6 Å². The summed E-state index contributed by atoms with van der Waals surface area (Å²) < 4.78 is 5.28. The summed E-state index contributed by atoms with van der Waals surface area (Å²) in [5.74, 6) is -1.51. The minimum Gasteiger partial charge on any atom is -0.479 e. The quantitative estimate of drug-likeness (QED) is 0.838. The average molecular weight is 367 g/mol. The Balaban J connectivity index is 1.71. The fourth-order valence-corrected chi connectivity index (χ4v) is 3.53. The number of carbonyl (C=O) groups is 3. The predicted octanol–water partition coefficient (Wildman–Crippen LogP) is 1.36. The molecule has 2 fully saturated rings. The van der Waals surface area contributed by atoms with Crippen LogP contribution < -0.4 is 5.32 Å². The molecule has 1 aromatic rings. The first kappa shape index (κ1) is 17.7. The fraction of sp³-hybridized carbons (Fsp3) is 0.471. The van der Waals surface area contributed by atoms with Crippen LogP contribution in [0.25, 0.3) is 0 Å². The van der Waals surface area contributed by atoms with Crippen LogP contribution in [0.15, 0.2) is 24.3 Å². The molecule has 2 N–H and O–H groups in total. The predicted molar refractivity (Wildman–Crippen MR) is 89.0 cm³/mol. The van der Waals surface area contributed by atoms with E-state index in [0.29, 0.717) is 17.9 Å². The summed E-state index contributed by atoms with van der Waals surface area (Å²) in [6.07, 6.45) is -0.906. The van der Waals surface area contributed by atoms with Crippen molar-refractivity contribution in [3.63, 3.8) is 0 Å². The summed E-state index contributed by atoms with van der Waals surface area (Å²) in [6.45, 7) is 0. The number of aliphatic carboxylic acids is 1. The molecule has 1 aromatic carbocycles. The number of ether oxygens (including phenoxy) is 1. The van der Waals surface area contributed by atoms with E-state index in [9.17, 15) is 14.4 Å². The summed E-state index contributed by atoms with van der Waals surface area (Å²) in [7, 11) is 1.69. The van der Waals surface area contributed by atoms with Gasteiger partial charge in [-0.15, -0.1) is 0 Å². The molecular formula is C17H19ClN2O5. The topological polar surface area (TPSA) is 95.9 Å². The highest BCUT2D eigenvalue weighted by molar-refractivity contribution is 6.30. The summed E-state index contributed by atoms with van der Waals surface area (Å²) in [6, 6.07) is 6.43. The van der Waals surface area contributed by atoms with Crippen LogP contribution in [0, 0.1) is 0 Å². The van der Waals surface area contributed by atoms with Crippen molar-refractivity contribution in [2.75, 3.05) is 7.05 Å². The lowest BCUT2D eigenvalue weighted by molar-refractivity contribution is -0.152. The maximum Gasteiger partial charge on any atom is 0.332 e. The number of halogens is 1. The zero-order valence-electron chi connectivity index (χ0n) is 13.6. The molecule has 2 heterocycles. The molecule has 0 radical (unpaired) electrons. The molecule has 134 valence electrons. The summed E-state index contributed by atoms with van der Waals surface area (Å²) in [5, 5.41) is 12.4. The Hall–Kier alpha value is -2.12. The lowest BCUT2D eigenvalue weighted by atomic mass is 10.00. The van der Waals surface area contributed by atoms with E-state index in [0.717, 1.165) is 5.56 Å². The second-order valence-electron chi connectivity index (χ2n) is 6.35. The summed E-state index contributed by atoms with van der Waals surface area (Å²) in [5.41, 5.74) is 0.874. The van der Waals surface area contributed by atoms with Crippen LogP contribution in [-0.2, 0) is 19.1 Å². The average Bonchev–Trinajstić information content (AvgIpc) is 3.15. The Kier molecular flexibility index (Phi) is 4.96. The molecule has 2 aliphatic heterocycles. The van der Waals surface area contributed by atoms with Gasteiger partial charge in [-0.25, -0.2) is 4.79 Å². The first-order valence-electron chi connectivity index (χ1n) is 8.06. The highest BCUT2D eigenvalue weighted by atomic mass is 35.5. The van der Waals surface area contributed by atoms with Gasteiger partial charge in [-0.05, 0) is 30.5 Å². The van der Waals surface area contributed by atoms with Crippen molar-refractivity contribution < 1.29 is 24.2 Å². The summed E-state index contributed by atoms with van der Waals surface area (Å²) in [4.78, 5) is 37.1. The third-order valence-electron chi connectivity index (χ3n) is 4.71. The molecule has 0 bridgehead atoms. The maximum atomic E-state index is 12.4. The Morgan fingerprint density at radius 2 is 1.88 bits per heavy atom. The zero-order valence-corrected chi connectivity index (χ0v) is 14.4. The largest absolute Gasteiger partial charge is 0.479 e. The lowest BCUT2D eigenvalue weighted by Gasteiger charge is -2.26. The number of likely N-dealkylation sites (N-methyl/N-ethyl adjacent to an activating group) is 1. The van der Waals surface area contributed by atoms with E-state index in [-0.39, 0.29) is 24.3 Å². The van der Waals surface area contributed by atoms with E-state index < -0.39 is 24.2 Å². The lowest BCUT2D eigenvalue weighted by Crippen LogP contribution is -2.44. The molecule has 2 amide bonds. The van der Waals surface area contributed by atoms with Crippen LogP contribution in [0.5, 0.6) is 0 Å². The van der Waals surface area contributed by atoms with E-state index >= 15 is 0 Å². The van der Waals surface area contributed by atoms with Gasteiger partial charge in [0.05, 0.1) is 12.1 Å². The Morgan fingerprint density at radius 1 is 1.24 bits per heavy atom. The molecule has 3 rings (SSSR count). The van der Waals surface area contributed by atoms with Gasteiger partial charge in [-0.1, -0.05) is 23.7 Å². The molecule has 2 unspecified atom stereocenters. The van der Waals surface area contributed by atoms with Crippen molar-refractivity contribution in [1.29, 1.82) is 0 Å². The van der Waals surface area contributed by atoms with Gasteiger partial charge in [-0.2, -0.15) is 0 Å². The molecular weight excluding hydrogens is 348 g/mol. The van der Waals surface area contributed by atoms with Crippen LogP contribution in [0.4, 0.5) is 0 Å². The number of amides is 2. The van der Waals surface area contributed by atoms with Crippen LogP contribution in [0.2, 0.25) is 5.02 Å². The Labute approximate surface area is 149 Å². The highest BCUT2D eigenvalue weighted by Crippen LogP contribution is 2.33. The van der Waals surface area contributed by atoms with E-state index in [2.05, 4.69) is 5.32 Å². The SMILES string of the molecule is CN1C(=O)CC(NC(=O)[C@@H]2CC[C@H](C(=O)O)O2)C1c1ccc(Cl)cc1. The molecule has 0 saturated carbocycles. The van der Waals surface area contributed by atoms with Gasteiger partial charge < -0.3 is 20.1 Å². The molecule has 25 heavy (non-hydrogen) atoms. The van der Waals surface area contributed by atoms with Crippen LogP contribution in [0.3, 0.4) is 0 Å². The molecule has 0 aliphatic carbocycles. The van der Waals surface area contributed by atoms with E-state index in [1.165, 1.54) is 0 Å². The van der Waals surface area contributed by atoms with Gasteiger partial charge in [0.2, 0.25) is 11.8 Å².